The number of carbonyl (C=O) groups is 3. The molecule has 2 amide bonds. The smallest absolute Gasteiger partial charge is 0.341 e. The second-order valence-electron chi connectivity index (χ2n) is 5.67. The Balaban J connectivity index is 1.86. The molecule has 0 unspecified atom stereocenters. The van der Waals surface area contributed by atoms with Crippen LogP contribution in [-0.4, -0.2) is 35.4 Å². The number of anilines is 1. The van der Waals surface area contributed by atoms with Gasteiger partial charge in [-0.3, -0.25) is 9.59 Å². The number of aliphatic carboxylic acids is 1. The molecule has 2 aromatic carbocycles. The highest BCUT2D eigenvalue weighted by atomic mass is 32.2. The summed E-state index contributed by atoms with van der Waals surface area (Å²) in [6.45, 7) is 1.77. The van der Waals surface area contributed by atoms with Crippen LogP contribution in [-0.2, 0) is 9.59 Å². The van der Waals surface area contributed by atoms with Crippen molar-refractivity contribution < 1.29 is 29.0 Å². The number of carbonyl (C=O) groups excluding carboxylic acids is 2. The summed E-state index contributed by atoms with van der Waals surface area (Å²) >= 11 is 0.830. The minimum Gasteiger partial charge on any atom is -0.492 e. The number of rotatable bonds is 7. The summed E-state index contributed by atoms with van der Waals surface area (Å²) in [5.74, 6) is -0.715. The van der Waals surface area contributed by atoms with Crippen molar-refractivity contribution in [2.75, 3.05) is 18.1 Å². The molecule has 1 aliphatic heterocycles. The van der Waals surface area contributed by atoms with Gasteiger partial charge in [0.1, 0.15) is 11.5 Å². The molecular weight excluding hydrogens is 382 g/mol. The van der Waals surface area contributed by atoms with Crippen molar-refractivity contribution in [1.82, 2.24) is 0 Å². The standard InChI is InChI=1S/C20H17NO6S/c1-2-26-16-9-4-3-8-15(16)21-19(24)17(28-20(21)25)11-13-6-5-7-14(10-13)27-12-18(22)23/h3-11H,2,12H2,1H3,(H,22,23)/b17-11+. The highest BCUT2D eigenvalue weighted by Crippen LogP contribution is 2.39. The zero-order valence-electron chi connectivity index (χ0n) is 15.0. The van der Waals surface area contributed by atoms with Crippen LogP contribution in [0.1, 0.15) is 12.5 Å². The van der Waals surface area contributed by atoms with E-state index in [4.69, 9.17) is 14.6 Å². The molecule has 2 aromatic rings. The number of ether oxygens (including phenoxy) is 2. The summed E-state index contributed by atoms with van der Waals surface area (Å²) in [6, 6.07) is 13.5. The molecule has 8 heteroatoms. The third kappa shape index (κ3) is 4.34. The number of thioether (sulfide) groups is 1. The zero-order chi connectivity index (χ0) is 20.1. The minimum atomic E-state index is -1.08. The number of carboxylic acid groups (broad SMARTS) is 1. The van der Waals surface area contributed by atoms with E-state index in [2.05, 4.69) is 0 Å². The maximum atomic E-state index is 12.8. The van der Waals surface area contributed by atoms with E-state index in [1.807, 2.05) is 6.92 Å². The maximum Gasteiger partial charge on any atom is 0.341 e. The Hall–Kier alpha value is -3.26. The van der Waals surface area contributed by atoms with Crippen molar-refractivity contribution in [1.29, 1.82) is 0 Å². The lowest BCUT2D eigenvalue weighted by Gasteiger charge is -2.16. The van der Waals surface area contributed by atoms with Crippen LogP contribution in [0, 0.1) is 0 Å². The van der Waals surface area contributed by atoms with Gasteiger partial charge in [-0.2, -0.15) is 0 Å². The fourth-order valence-electron chi connectivity index (χ4n) is 2.59. The molecule has 28 heavy (non-hydrogen) atoms. The van der Waals surface area contributed by atoms with Gasteiger partial charge in [-0.15, -0.1) is 0 Å². The second kappa shape index (κ2) is 8.62. The van der Waals surface area contributed by atoms with Gasteiger partial charge in [0.2, 0.25) is 0 Å². The largest absolute Gasteiger partial charge is 0.492 e. The summed E-state index contributed by atoms with van der Waals surface area (Å²) in [5, 5.41) is 8.28. The third-order valence-electron chi connectivity index (χ3n) is 3.72. The first-order chi connectivity index (χ1) is 13.5. The lowest BCUT2D eigenvalue weighted by atomic mass is 10.2. The average molecular weight is 399 g/mol. The van der Waals surface area contributed by atoms with Crippen LogP contribution in [0.2, 0.25) is 0 Å². The number of nitrogens with zero attached hydrogens (tertiary/aromatic N) is 1. The first kappa shape index (κ1) is 19.5. The molecule has 144 valence electrons. The Labute approximate surface area is 165 Å². The number of hydrogen-bond acceptors (Lipinski definition) is 6. The van der Waals surface area contributed by atoms with Crippen LogP contribution >= 0.6 is 11.8 Å². The molecular formula is C20H17NO6S. The van der Waals surface area contributed by atoms with Crippen LogP contribution in [0.25, 0.3) is 6.08 Å². The van der Waals surface area contributed by atoms with Gasteiger partial charge in [-0.05, 0) is 54.6 Å². The number of carboxylic acids is 1. The molecule has 1 aliphatic rings. The van der Waals surface area contributed by atoms with Gasteiger partial charge in [0, 0.05) is 0 Å². The minimum absolute atomic E-state index is 0.256. The van der Waals surface area contributed by atoms with E-state index in [9.17, 15) is 14.4 Å². The molecule has 0 radical (unpaired) electrons. The molecule has 0 spiro atoms. The first-order valence-electron chi connectivity index (χ1n) is 8.44. The Kier molecular flexibility index (Phi) is 6.00. The van der Waals surface area contributed by atoms with Crippen LogP contribution in [0.15, 0.2) is 53.4 Å². The lowest BCUT2D eigenvalue weighted by molar-refractivity contribution is -0.139. The van der Waals surface area contributed by atoms with Gasteiger partial charge in [-0.1, -0.05) is 24.3 Å². The van der Waals surface area contributed by atoms with Crippen LogP contribution in [0.3, 0.4) is 0 Å². The van der Waals surface area contributed by atoms with E-state index in [1.165, 1.54) is 0 Å². The molecule has 0 aliphatic carbocycles. The molecule has 1 heterocycles. The highest BCUT2D eigenvalue weighted by Gasteiger charge is 2.37. The Morgan fingerprint density at radius 2 is 1.93 bits per heavy atom. The highest BCUT2D eigenvalue weighted by molar-refractivity contribution is 8.19. The fourth-order valence-corrected chi connectivity index (χ4v) is 3.42. The Morgan fingerprint density at radius 3 is 2.68 bits per heavy atom. The lowest BCUT2D eigenvalue weighted by Crippen LogP contribution is -2.28. The van der Waals surface area contributed by atoms with Gasteiger partial charge < -0.3 is 14.6 Å². The summed E-state index contributed by atoms with van der Waals surface area (Å²) in [6.07, 6.45) is 1.57. The normalized spacial score (nSPS) is 15.2. The number of benzene rings is 2. The SMILES string of the molecule is CCOc1ccccc1N1C(=O)S/C(=C/c2cccc(OCC(=O)O)c2)C1=O. The molecule has 0 saturated carbocycles. The summed E-state index contributed by atoms with van der Waals surface area (Å²) < 4.78 is 10.7. The molecule has 3 rings (SSSR count). The quantitative estimate of drug-likeness (QED) is 0.708. The van der Waals surface area contributed by atoms with Crippen molar-refractivity contribution in [2.45, 2.75) is 6.92 Å². The fraction of sp³-hybridized carbons (Fsp3) is 0.150. The monoisotopic (exact) mass is 399 g/mol. The first-order valence-corrected chi connectivity index (χ1v) is 9.25. The Morgan fingerprint density at radius 1 is 1.14 bits per heavy atom. The van der Waals surface area contributed by atoms with Crippen molar-refractivity contribution in [3.8, 4) is 11.5 Å². The summed E-state index contributed by atoms with van der Waals surface area (Å²) in [4.78, 5) is 37.3. The van der Waals surface area contributed by atoms with Gasteiger partial charge in [0.05, 0.1) is 17.2 Å². The van der Waals surface area contributed by atoms with Crippen molar-refractivity contribution >= 4 is 40.6 Å². The van der Waals surface area contributed by atoms with E-state index >= 15 is 0 Å². The number of hydrogen-bond donors (Lipinski definition) is 1. The summed E-state index contributed by atoms with van der Waals surface area (Å²) in [5.41, 5.74) is 1.01. The molecule has 0 bridgehead atoms. The van der Waals surface area contributed by atoms with Crippen LogP contribution in [0.4, 0.5) is 10.5 Å². The number of para-hydroxylation sites is 2. The molecule has 1 fully saturated rings. The van der Waals surface area contributed by atoms with Crippen molar-refractivity contribution in [3.63, 3.8) is 0 Å². The molecule has 7 nitrogen and oxygen atoms in total. The van der Waals surface area contributed by atoms with Crippen molar-refractivity contribution in [2.24, 2.45) is 0 Å². The van der Waals surface area contributed by atoms with Crippen molar-refractivity contribution in [3.05, 3.63) is 59.0 Å². The van der Waals surface area contributed by atoms with E-state index in [1.54, 1.807) is 54.6 Å². The predicted octanol–water partition coefficient (Wildman–Crippen LogP) is 3.79. The second-order valence-corrected chi connectivity index (χ2v) is 6.67. The summed E-state index contributed by atoms with van der Waals surface area (Å²) in [7, 11) is 0. The van der Waals surface area contributed by atoms with Gasteiger partial charge in [0.15, 0.2) is 6.61 Å². The molecule has 1 saturated heterocycles. The maximum absolute atomic E-state index is 12.8. The van der Waals surface area contributed by atoms with E-state index < -0.39 is 23.7 Å². The van der Waals surface area contributed by atoms with E-state index in [-0.39, 0.29) is 4.91 Å². The zero-order valence-corrected chi connectivity index (χ0v) is 15.8. The van der Waals surface area contributed by atoms with E-state index in [0.717, 1.165) is 16.7 Å². The molecule has 0 atom stereocenters. The van der Waals surface area contributed by atoms with Crippen LogP contribution in [0.5, 0.6) is 11.5 Å². The number of imide groups is 1. The van der Waals surface area contributed by atoms with E-state index in [0.29, 0.717) is 29.4 Å². The van der Waals surface area contributed by atoms with Gasteiger partial charge in [0.25, 0.3) is 11.1 Å². The van der Waals surface area contributed by atoms with Gasteiger partial charge >= 0.3 is 5.97 Å². The topological polar surface area (TPSA) is 93.1 Å². The van der Waals surface area contributed by atoms with Crippen LogP contribution < -0.4 is 14.4 Å². The third-order valence-corrected chi connectivity index (χ3v) is 4.59. The molecule has 1 N–H and O–H groups in total. The molecule has 0 aromatic heterocycles. The Bertz CT molecular complexity index is 955. The average Bonchev–Trinajstić information content (AvgIpc) is 2.94. The predicted molar refractivity (Wildman–Crippen MR) is 106 cm³/mol. The number of amides is 2. The van der Waals surface area contributed by atoms with Gasteiger partial charge in [-0.25, -0.2) is 9.69 Å².